The van der Waals surface area contributed by atoms with Gasteiger partial charge in [0.05, 0.1) is 10.6 Å². The van der Waals surface area contributed by atoms with Gasteiger partial charge in [-0.05, 0) is 26.2 Å². The molecule has 1 aromatic rings. The number of aryl methyl sites for hydroxylation is 1. The number of anilines is 1. The summed E-state index contributed by atoms with van der Waals surface area (Å²) in [6.45, 7) is 3.15. The van der Waals surface area contributed by atoms with Crippen LogP contribution in [0.25, 0.3) is 0 Å². The summed E-state index contributed by atoms with van der Waals surface area (Å²) in [5.41, 5.74) is 0.760. The Kier molecular flexibility index (Phi) is 3.76. The quantitative estimate of drug-likeness (QED) is 0.887. The zero-order valence-corrected chi connectivity index (χ0v) is 10.3. The Labute approximate surface area is 98.9 Å². The average Bonchev–Trinajstić information content (AvgIpc) is 2.71. The molecular weight excluding hydrogens is 227 g/mol. The van der Waals surface area contributed by atoms with Crippen molar-refractivity contribution in [3.8, 4) is 0 Å². The first-order chi connectivity index (χ1) is 7.72. The van der Waals surface area contributed by atoms with Crippen LogP contribution in [-0.2, 0) is 0 Å². The summed E-state index contributed by atoms with van der Waals surface area (Å²) in [7, 11) is 0. The van der Waals surface area contributed by atoms with Gasteiger partial charge >= 0.3 is 0 Å². The van der Waals surface area contributed by atoms with E-state index in [0.29, 0.717) is 4.88 Å². The maximum Gasteiger partial charge on any atom is 0.185 e. The van der Waals surface area contributed by atoms with Gasteiger partial charge in [0.25, 0.3) is 0 Å². The lowest BCUT2D eigenvalue weighted by Gasteiger charge is -2.25. The molecule has 2 rings (SSSR count). The van der Waals surface area contributed by atoms with E-state index < -0.39 is 12.8 Å². The van der Waals surface area contributed by atoms with Crippen LogP contribution < -0.4 is 4.90 Å². The smallest absolute Gasteiger partial charge is 0.185 e. The number of hydrogen-bond acceptors (Lipinski definition) is 4. The van der Waals surface area contributed by atoms with Gasteiger partial charge < -0.3 is 10.0 Å². The van der Waals surface area contributed by atoms with Gasteiger partial charge in [0.2, 0.25) is 0 Å². The molecule has 1 fully saturated rings. The number of piperidine rings is 1. The zero-order valence-electron chi connectivity index (χ0n) is 9.45. The largest absolute Gasteiger partial charge is 0.385 e. The molecule has 0 aliphatic carbocycles. The van der Waals surface area contributed by atoms with Crippen molar-refractivity contribution >= 4 is 16.5 Å². The topological polar surface area (TPSA) is 36.4 Å². The highest BCUT2D eigenvalue weighted by molar-refractivity contribution is 7.15. The maximum absolute atomic E-state index is 12.4. The number of aliphatic hydroxyl groups is 1. The second kappa shape index (κ2) is 5.10. The van der Waals surface area contributed by atoms with Crippen LogP contribution in [-0.4, -0.2) is 29.9 Å². The van der Waals surface area contributed by atoms with E-state index >= 15 is 0 Å². The molecule has 0 saturated carbocycles. The summed E-state index contributed by atoms with van der Waals surface area (Å²) in [6, 6.07) is 0. The third-order valence-electron chi connectivity index (χ3n) is 2.90. The van der Waals surface area contributed by atoms with Crippen molar-refractivity contribution < 1.29 is 9.50 Å². The third-order valence-corrected chi connectivity index (χ3v) is 4.22. The fourth-order valence-electron chi connectivity index (χ4n) is 1.99. The van der Waals surface area contributed by atoms with Crippen molar-refractivity contribution in [1.82, 2.24) is 4.98 Å². The SMILES string of the molecule is Cc1nc(N2CCCCC2)sc1C(O)CF. The van der Waals surface area contributed by atoms with Crippen molar-refractivity contribution in [1.29, 1.82) is 0 Å². The summed E-state index contributed by atoms with van der Waals surface area (Å²) < 4.78 is 12.4. The summed E-state index contributed by atoms with van der Waals surface area (Å²) in [5.74, 6) is 0. The zero-order chi connectivity index (χ0) is 11.5. The van der Waals surface area contributed by atoms with E-state index in [-0.39, 0.29) is 0 Å². The lowest BCUT2D eigenvalue weighted by molar-refractivity contribution is 0.144. The average molecular weight is 244 g/mol. The molecule has 0 radical (unpaired) electrons. The van der Waals surface area contributed by atoms with Gasteiger partial charge in [-0.3, -0.25) is 0 Å². The molecule has 1 aliphatic heterocycles. The Morgan fingerprint density at radius 3 is 2.75 bits per heavy atom. The van der Waals surface area contributed by atoms with E-state index in [1.54, 1.807) is 0 Å². The first kappa shape index (κ1) is 11.8. The number of nitrogens with zero attached hydrogens (tertiary/aromatic N) is 2. The first-order valence-electron chi connectivity index (χ1n) is 5.68. The van der Waals surface area contributed by atoms with Gasteiger partial charge in [-0.25, -0.2) is 9.37 Å². The number of halogens is 1. The van der Waals surface area contributed by atoms with Crippen molar-refractivity contribution in [2.75, 3.05) is 24.7 Å². The van der Waals surface area contributed by atoms with Crippen LogP contribution in [0.1, 0.15) is 35.9 Å². The molecule has 0 spiro atoms. The van der Waals surface area contributed by atoms with Crippen molar-refractivity contribution in [3.05, 3.63) is 10.6 Å². The third kappa shape index (κ3) is 2.35. The predicted molar refractivity (Wildman–Crippen MR) is 63.8 cm³/mol. The number of aromatic nitrogens is 1. The van der Waals surface area contributed by atoms with E-state index in [0.717, 1.165) is 23.9 Å². The van der Waals surface area contributed by atoms with Crippen molar-refractivity contribution in [2.45, 2.75) is 32.3 Å². The van der Waals surface area contributed by atoms with E-state index in [1.807, 2.05) is 6.92 Å². The lowest BCUT2D eigenvalue weighted by Crippen LogP contribution is -2.29. The normalized spacial score (nSPS) is 18.8. The molecule has 16 heavy (non-hydrogen) atoms. The molecule has 0 bridgehead atoms. The minimum atomic E-state index is -1.00. The number of aliphatic hydroxyl groups excluding tert-OH is 1. The summed E-state index contributed by atoms with van der Waals surface area (Å²) in [5, 5.41) is 10.4. The van der Waals surface area contributed by atoms with E-state index in [9.17, 15) is 9.50 Å². The number of alkyl halides is 1. The summed E-state index contributed by atoms with van der Waals surface area (Å²) in [4.78, 5) is 7.32. The van der Waals surface area contributed by atoms with Crippen LogP contribution in [0.15, 0.2) is 0 Å². The van der Waals surface area contributed by atoms with E-state index in [4.69, 9.17) is 0 Å². The monoisotopic (exact) mass is 244 g/mol. The van der Waals surface area contributed by atoms with Gasteiger partial charge in [0, 0.05) is 13.1 Å². The maximum atomic E-state index is 12.4. The molecule has 1 atom stereocenters. The Morgan fingerprint density at radius 2 is 2.12 bits per heavy atom. The fraction of sp³-hybridized carbons (Fsp3) is 0.727. The second-order valence-corrected chi connectivity index (χ2v) is 5.17. The van der Waals surface area contributed by atoms with Crippen LogP contribution in [0.2, 0.25) is 0 Å². The lowest BCUT2D eigenvalue weighted by atomic mass is 10.1. The highest BCUT2D eigenvalue weighted by Gasteiger charge is 2.20. The Hall–Kier alpha value is -0.680. The molecular formula is C11H17FN2OS. The Bertz CT molecular complexity index is 350. The summed E-state index contributed by atoms with van der Waals surface area (Å²) >= 11 is 1.42. The molecule has 2 heterocycles. The van der Waals surface area contributed by atoms with Gasteiger partial charge in [0.15, 0.2) is 5.13 Å². The van der Waals surface area contributed by atoms with Crippen LogP contribution in [0, 0.1) is 6.92 Å². The van der Waals surface area contributed by atoms with Crippen molar-refractivity contribution in [3.63, 3.8) is 0 Å². The molecule has 1 aliphatic rings. The standard InChI is InChI=1S/C11H17FN2OS/c1-8-10(9(15)7-12)16-11(13-8)14-5-3-2-4-6-14/h9,15H,2-7H2,1H3. The van der Waals surface area contributed by atoms with Crippen LogP contribution >= 0.6 is 11.3 Å². The van der Waals surface area contributed by atoms with E-state index in [2.05, 4.69) is 9.88 Å². The Morgan fingerprint density at radius 1 is 1.44 bits per heavy atom. The molecule has 5 heteroatoms. The number of thiazole rings is 1. The second-order valence-electron chi connectivity index (χ2n) is 4.16. The molecule has 1 saturated heterocycles. The summed E-state index contributed by atoms with van der Waals surface area (Å²) in [6.07, 6.45) is 2.66. The fourth-order valence-corrected chi connectivity index (χ4v) is 3.08. The number of rotatable bonds is 3. The van der Waals surface area contributed by atoms with Crippen LogP contribution in [0.5, 0.6) is 0 Å². The highest BCUT2D eigenvalue weighted by atomic mass is 32.1. The first-order valence-corrected chi connectivity index (χ1v) is 6.50. The van der Waals surface area contributed by atoms with Gasteiger partial charge in [-0.15, -0.1) is 0 Å². The minimum Gasteiger partial charge on any atom is -0.385 e. The molecule has 0 aromatic carbocycles. The van der Waals surface area contributed by atoms with Crippen LogP contribution in [0.3, 0.4) is 0 Å². The molecule has 1 N–H and O–H groups in total. The molecule has 1 aromatic heterocycles. The van der Waals surface area contributed by atoms with E-state index in [1.165, 1.54) is 30.6 Å². The molecule has 0 amide bonds. The molecule has 3 nitrogen and oxygen atoms in total. The van der Waals surface area contributed by atoms with Gasteiger partial charge in [-0.1, -0.05) is 11.3 Å². The molecule has 90 valence electrons. The molecule has 1 unspecified atom stereocenters. The predicted octanol–water partition coefficient (Wildman–Crippen LogP) is 2.44. The van der Waals surface area contributed by atoms with Crippen molar-refractivity contribution in [2.24, 2.45) is 0 Å². The Balaban J connectivity index is 2.16. The number of hydrogen-bond donors (Lipinski definition) is 1. The van der Waals surface area contributed by atoms with Gasteiger partial charge in [0.1, 0.15) is 12.8 Å². The van der Waals surface area contributed by atoms with Gasteiger partial charge in [-0.2, -0.15) is 0 Å². The highest BCUT2D eigenvalue weighted by Crippen LogP contribution is 2.32. The van der Waals surface area contributed by atoms with Crippen LogP contribution in [0.4, 0.5) is 9.52 Å². The minimum absolute atomic E-state index is 0.670.